The van der Waals surface area contributed by atoms with Gasteiger partial charge in [0.1, 0.15) is 0 Å². The summed E-state index contributed by atoms with van der Waals surface area (Å²) in [4.78, 5) is 0. The van der Waals surface area contributed by atoms with Crippen LogP contribution in [0.5, 0.6) is 0 Å². The summed E-state index contributed by atoms with van der Waals surface area (Å²) in [6, 6.07) is 0. The second-order valence-electron chi connectivity index (χ2n) is 4.23. The van der Waals surface area contributed by atoms with Gasteiger partial charge in [0.05, 0.1) is 11.2 Å². The third kappa shape index (κ3) is 1.68. The molecule has 0 bridgehead atoms. The Morgan fingerprint density at radius 3 is 2.25 bits per heavy atom. The van der Waals surface area contributed by atoms with Crippen molar-refractivity contribution in [1.82, 2.24) is 9.78 Å². The molecule has 0 saturated heterocycles. The molecular weight excluding hydrogens is 148 g/mol. The summed E-state index contributed by atoms with van der Waals surface area (Å²) >= 11 is 0. The van der Waals surface area contributed by atoms with E-state index in [4.69, 9.17) is 0 Å². The Hall–Kier alpha value is -0.790. The average molecular weight is 166 g/mol. The predicted octanol–water partition coefficient (Wildman–Crippen LogP) is 2.51. The molecule has 68 valence electrons. The summed E-state index contributed by atoms with van der Waals surface area (Å²) < 4.78 is 2.04. The second-order valence-corrected chi connectivity index (χ2v) is 4.23. The molecule has 0 unspecified atom stereocenters. The molecule has 2 nitrogen and oxygen atoms in total. The molecule has 0 aliphatic heterocycles. The molecule has 0 amide bonds. The first-order valence-electron chi connectivity index (χ1n) is 4.50. The van der Waals surface area contributed by atoms with Crippen molar-refractivity contribution >= 4 is 0 Å². The zero-order valence-corrected chi connectivity index (χ0v) is 8.68. The van der Waals surface area contributed by atoms with Gasteiger partial charge in [0.2, 0.25) is 0 Å². The zero-order chi connectivity index (χ0) is 9.35. The van der Waals surface area contributed by atoms with E-state index in [1.807, 2.05) is 4.68 Å². The minimum atomic E-state index is 0.109. The summed E-state index contributed by atoms with van der Waals surface area (Å²) in [5.41, 5.74) is 2.62. The van der Waals surface area contributed by atoms with Crippen LogP contribution < -0.4 is 0 Å². The zero-order valence-electron chi connectivity index (χ0n) is 8.68. The number of nitrogens with zero attached hydrogens (tertiary/aromatic N) is 2. The Balaban J connectivity index is 3.05. The summed E-state index contributed by atoms with van der Waals surface area (Å²) in [6.07, 6.45) is 3.15. The molecule has 0 atom stereocenters. The SMILES string of the molecule is CCc1nn(C(C)(C)C)cc1C. The van der Waals surface area contributed by atoms with Crippen LogP contribution in [0.3, 0.4) is 0 Å². The van der Waals surface area contributed by atoms with Crippen LogP contribution in [-0.4, -0.2) is 9.78 Å². The van der Waals surface area contributed by atoms with Gasteiger partial charge in [-0.2, -0.15) is 5.10 Å². The van der Waals surface area contributed by atoms with Gasteiger partial charge in [-0.25, -0.2) is 0 Å². The molecule has 0 radical (unpaired) electrons. The predicted molar refractivity (Wildman–Crippen MR) is 51.3 cm³/mol. The van der Waals surface area contributed by atoms with Crippen LogP contribution in [0.15, 0.2) is 6.20 Å². The second kappa shape index (κ2) is 2.92. The Morgan fingerprint density at radius 2 is 2.00 bits per heavy atom. The molecular formula is C10H18N2. The molecule has 0 aliphatic carbocycles. The lowest BCUT2D eigenvalue weighted by atomic mass is 10.1. The van der Waals surface area contributed by atoms with E-state index in [1.165, 1.54) is 11.3 Å². The van der Waals surface area contributed by atoms with E-state index in [1.54, 1.807) is 0 Å². The van der Waals surface area contributed by atoms with Crippen molar-refractivity contribution < 1.29 is 0 Å². The lowest BCUT2D eigenvalue weighted by molar-refractivity contribution is 0.353. The van der Waals surface area contributed by atoms with Crippen LogP contribution in [0, 0.1) is 6.92 Å². The molecule has 1 aromatic rings. The third-order valence-corrected chi connectivity index (χ3v) is 2.02. The van der Waals surface area contributed by atoms with Crippen LogP contribution in [-0.2, 0) is 12.0 Å². The standard InChI is InChI=1S/C10H18N2/c1-6-9-8(2)7-12(11-9)10(3,4)5/h7H,6H2,1-5H3. The van der Waals surface area contributed by atoms with Gasteiger partial charge in [-0.15, -0.1) is 0 Å². The highest BCUT2D eigenvalue weighted by Gasteiger charge is 2.15. The number of rotatable bonds is 1. The molecule has 0 saturated carbocycles. The molecule has 0 N–H and O–H groups in total. The van der Waals surface area contributed by atoms with Gasteiger partial charge in [-0.3, -0.25) is 4.68 Å². The molecule has 0 spiro atoms. The van der Waals surface area contributed by atoms with Gasteiger partial charge < -0.3 is 0 Å². The van der Waals surface area contributed by atoms with Gasteiger partial charge in [0.25, 0.3) is 0 Å². The van der Waals surface area contributed by atoms with Crippen LogP contribution in [0.2, 0.25) is 0 Å². The van der Waals surface area contributed by atoms with Crippen LogP contribution in [0.1, 0.15) is 39.0 Å². The van der Waals surface area contributed by atoms with E-state index in [-0.39, 0.29) is 5.54 Å². The molecule has 0 aromatic carbocycles. The maximum absolute atomic E-state index is 4.52. The maximum atomic E-state index is 4.52. The lowest BCUT2D eigenvalue weighted by Crippen LogP contribution is -2.22. The fourth-order valence-corrected chi connectivity index (χ4v) is 1.19. The highest BCUT2D eigenvalue weighted by Crippen LogP contribution is 2.15. The first-order chi connectivity index (χ1) is 5.45. The van der Waals surface area contributed by atoms with Crippen molar-refractivity contribution in [2.24, 2.45) is 0 Å². The van der Waals surface area contributed by atoms with Gasteiger partial charge in [-0.05, 0) is 39.7 Å². The Kier molecular flexibility index (Phi) is 2.27. The molecule has 0 aliphatic rings. The smallest absolute Gasteiger partial charge is 0.0651 e. The minimum Gasteiger partial charge on any atom is -0.267 e. The van der Waals surface area contributed by atoms with Crippen molar-refractivity contribution in [2.75, 3.05) is 0 Å². The van der Waals surface area contributed by atoms with E-state index in [0.29, 0.717) is 0 Å². The normalized spacial score (nSPS) is 12.1. The first kappa shape index (κ1) is 9.30. The van der Waals surface area contributed by atoms with Gasteiger partial charge >= 0.3 is 0 Å². The van der Waals surface area contributed by atoms with Crippen LogP contribution >= 0.6 is 0 Å². The summed E-state index contributed by atoms with van der Waals surface area (Å²) in [7, 11) is 0. The third-order valence-electron chi connectivity index (χ3n) is 2.02. The highest BCUT2D eigenvalue weighted by atomic mass is 15.3. The number of aryl methyl sites for hydroxylation is 2. The van der Waals surface area contributed by atoms with E-state index in [9.17, 15) is 0 Å². The Labute approximate surface area is 74.6 Å². The van der Waals surface area contributed by atoms with Crippen LogP contribution in [0.25, 0.3) is 0 Å². The Bertz CT molecular complexity index is 266. The van der Waals surface area contributed by atoms with Crippen molar-refractivity contribution in [2.45, 2.75) is 46.6 Å². The lowest BCUT2D eigenvalue weighted by Gasteiger charge is -2.18. The highest BCUT2D eigenvalue weighted by molar-refractivity contribution is 5.15. The van der Waals surface area contributed by atoms with E-state index in [0.717, 1.165) is 6.42 Å². The van der Waals surface area contributed by atoms with Crippen molar-refractivity contribution in [3.8, 4) is 0 Å². The van der Waals surface area contributed by atoms with Gasteiger partial charge in [-0.1, -0.05) is 6.92 Å². The average Bonchev–Trinajstić information content (AvgIpc) is 2.29. The number of hydrogen-bond acceptors (Lipinski definition) is 1. The molecule has 1 heterocycles. The number of hydrogen-bond donors (Lipinski definition) is 0. The van der Waals surface area contributed by atoms with Crippen molar-refractivity contribution in [3.05, 3.63) is 17.5 Å². The fraction of sp³-hybridized carbons (Fsp3) is 0.700. The minimum absolute atomic E-state index is 0.109. The van der Waals surface area contributed by atoms with Gasteiger partial charge in [0, 0.05) is 6.20 Å². The molecule has 1 rings (SSSR count). The van der Waals surface area contributed by atoms with Gasteiger partial charge in [0.15, 0.2) is 0 Å². The molecule has 1 aromatic heterocycles. The van der Waals surface area contributed by atoms with Crippen molar-refractivity contribution in [3.63, 3.8) is 0 Å². The van der Waals surface area contributed by atoms with Crippen molar-refractivity contribution in [1.29, 1.82) is 0 Å². The summed E-state index contributed by atoms with van der Waals surface area (Å²) in [5.74, 6) is 0. The van der Waals surface area contributed by atoms with E-state index < -0.39 is 0 Å². The number of aromatic nitrogens is 2. The first-order valence-corrected chi connectivity index (χ1v) is 4.50. The van der Waals surface area contributed by atoms with E-state index >= 15 is 0 Å². The molecule has 12 heavy (non-hydrogen) atoms. The fourth-order valence-electron chi connectivity index (χ4n) is 1.19. The maximum Gasteiger partial charge on any atom is 0.0651 e. The quantitative estimate of drug-likeness (QED) is 0.626. The molecule has 2 heteroatoms. The van der Waals surface area contributed by atoms with E-state index in [2.05, 4.69) is 45.9 Å². The topological polar surface area (TPSA) is 17.8 Å². The Morgan fingerprint density at radius 1 is 1.42 bits per heavy atom. The summed E-state index contributed by atoms with van der Waals surface area (Å²) in [6.45, 7) is 10.8. The summed E-state index contributed by atoms with van der Waals surface area (Å²) in [5, 5.41) is 4.52. The molecule has 0 fully saturated rings. The largest absolute Gasteiger partial charge is 0.267 e. The monoisotopic (exact) mass is 166 g/mol. The van der Waals surface area contributed by atoms with Crippen LogP contribution in [0.4, 0.5) is 0 Å².